The molecule has 0 unspecified atom stereocenters. The van der Waals surface area contributed by atoms with Gasteiger partial charge in [-0.1, -0.05) is 11.6 Å². The van der Waals surface area contributed by atoms with E-state index >= 15 is 0 Å². The summed E-state index contributed by atoms with van der Waals surface area (Å²) in [6.45, 7) is 1.56. The van der Waals surface area contributed by atoms with Gasteiger partial charge in [-0.3, -0.25) is 19.3 Å². The van der Waals surface area contributed by atoms with Gasteiger partial charge in [0, 0.05) is 13.0 Å². The largest absolute Gasteiger partial charge is 0.323 e. The monoisotopic (exact) mass is 362 g/mol. The number of hydrogen-bond donors (Lipinski definition) is 1. The summed E-state index contributed by atoms with van der Waals surface area (Å²) in [6.07, 6.45) is -0.317. The second-order valence-electron chi connectivity index (χ2n) is 5.83. The quantitative estimate of drug-likeness (QED) is 0.672. The Balaban J connectivity index is 1.67. The van der Waals surface area contributed by atoms with E-state index < -0.39 is 40.9 Å². The van der Waals surface area contributed by atoms with Crippen molar-refractivity contribution in [3.8, 4) is 0 Å². The molecule has 0 aliphatic carbocycles. The zero-order chi connectivity index (χ0) is 19.0. The molecule has 134 valence electrons. The van der Waals surface area contributed by atoms with Crippen molar-refractivity contribution in [1.82, 2.24) is 4.90 Å². The number of imide groups is 1. The Morgan fingerprint density at radius 2 is 1.69 bits per heavy atom. The lowest BCUT2D eigenvalue weighted by molar-refractivity contribution is -0.116. The van der Waals surface area contributed by atoms with Crippen LogP contribution in [-0.2, 0) is 4.79 Å². The molecule has 0 saturated carbocycles. The highest BCUT2D eigenvalue weighted by Crippen LogP contribution is 2.24. The summed E-state index contributed by atoms with van der Waals surface area (Å²) in [5.41, 5.74) is 0.819. The zero-order valence-electron chi connectivity index (χ0n) is 13.6. The van der Waals surface area contributed by atoms with Crippen molar-refractivity contribution in [3.05, 3.63) is 64.5 Å². The average Bonchev–Trinajstić information content (AvgIpc) is 2.84. The number of nitrogens with zero attached hydrogens (tertiary/aromatic N) is 1. The van der Waals surface area contributed by atoms with Crippen LogP contribution in [0.15, 0.2) is 30.3 Å². The summed E-state index contributed by atoms with van der Waals surface area (Å²) in [7, 11) is 0. The summed E-state index contributed by atoms with van der Waals surface area (Å²) in [5, 5.41) is 2.09. The van der Waals surface area contributed by atoms with Crippen molar-refractivity contribution >= 4 is 23.4 Å². The zero-order valence-corrected chi connectivity index (χ0v) is 13.6. The van der Waals surface area contributed by atoms with E-state index in [1.165, 1.54) is 0 Å². The molecule has 1 N–H and O–H groups in total. The molecule has 0 aromatic heterocycles. The smallest absolute Gasteiger partial charge is 0.261 e. The molecule has 3 amide bonds. The second kappa shape index (κ2) is 6.62. The molecule has 8 heteroatoms. The highest BCUT2D eigenvalue weighted by molar-refractivity contribution is 6.21. The van der Waals surface area contributed by atoms with Gasteiger partial charge >= 0.3 is 0 Å². The third kappa shape index (κ3) is 3.05. The minimum Gasteiger partial charge on any atom is -0.323 e. The molecule has 2 aromatic rings. The highest BCUT2D eigenvalue weighted by Gasteiger charge is 2.35. The van der Waals surface area contributed by atoms with Gasteiger partial charge in [-0.2, -0.15) is 0 Å². The molecule has 0 radical (unpaired) electrons. The molecule has 5 nitrogen and oxygen atoms in total. The van der Waals surface area contributed by atoms with Gasteiger partial charge in [0.1, 0.15) is 0 Å². The summed E-state index contributed by atoms with van der Waals surface area (Å²) in [4.78, 5) is 37.4. The maximum Gasteiger partial charge on any atom is 0.261 e. The number of rotatable bonds is 4. The summed E-state index contributed by atoms with van der Waals surface area (Å²) in [5.74, 6) is -6.37. The van der Waals surface area contributed by atoms with Gasteiger partial charge < -0.3 is 5.32 Å². The molecule has 1 aliphatic heterocycles. The lowest BCUT2D eigenvalue weighted by atomic mass is 10.1. The predicted molar refractivity (Wildman–Crippen MR) is 86.1 cm³/mol. The number of hydrogen-bond acceptors (Lipinski definition) is 3. The third-order valence-corrected chi connectivity index (χ3v) is 4.00. The van der Waals surface area contributed by atoms with E-state index in [0.29, 0.717) is 6.07 Å². The first-order chi connectivity index (χ1) is 12.3. The van der Waals surface area contributed by atoms with Crippen LogP contribution in [0, 0.1) is 24.4 Å². The number of nitrogens with one attached hydrogen (secondary N) is 1. The second-order valence-corrected chi connectivity index (χ2v) is 5.83. The number of carbonyl (C=O) groups is 3. The Morgan fingerprint density at radius 1 is 1.00 bits per heavy atom. The van der Waals surface area contributed by atoms with Crippen LogP contribution in [-0.4, -0.2) is 29.2 Å². The Kier molecular flexibility index (Phi) is 4.50. The van der Waals surface area contributed by atoms with Crippen LogP contribution < -0.4 is 5.32 Å². The first kappa shape index (κ1) is 17.7. The van der Waals surface area contributed by atoms with Gasteiger partial charge in [-0.25, -0.2) is 13.2 Å². The van der Waals surface area contributed by atoms with E-state index in [-0.39, 0.29) is 24.1 Å². The molecule has 3 rings (SSSR count). The van der Waals surface area contributed by atoms with E-state index in [9.17, 15) is 27.6 Å². The Bertz CT molecular complexity index is 944. The molecular formula is C18H13F3N2O3. The molecule has 0 fully saturated rings. The van der Waals surface area contributed by atoms with E-state index in [4.69, 9.17) is 0 Å². The minimum absolute atomic E-state index is 0.220. The topological polar surface area (TPSA) is 66.5 Å². The van der Waals surface area contributed by atoms with Gasteiger partial charge in [-0.15, -0.1) is 0 Å². The maximum atomic E-state index is 13.6. The number of aryl methyl sites for hydroxylation is 1. The van der Waals surface area contributed by atoms with Gasteiger partial charge in [-0.05, 0) is 31.2 Å². The van der Waals surface area contributed by atoms with E-state index in [1.54, 1.807) is 25.1 Å². The van der Waals surface area contributed by atoms with Gasteiger partial charge in [0.2, 0.25) is 5.91 Å². The first-order valence-corrected chi connectivity index (χ1v) is 7.70. The fraction of sp³-hybridized carbons (Fsp3) is 0.167. The van der Waals surface area contributed by atoms with Crippen LogP contribution in [0.4, 0.5) is 18.9 Å². The van der Waals surface area contributed by atoms with Gasteiger partial charge in [0.15, 0.2) is 17.5 Å². The van der Waals surface area contributed by atoms with Crippen molar-refractivity contribution in [2.75, 3.05) is 11.9 Å². The predicted octanol–water partition coefficient (Wildman–Crippen LogP) is 3.04. The Labute approximate surface area is 146 Å². The average molecular weight is 362 g/mol. The van der Waals surface area contributed by atoms with Crippen molar-refractivity contribution in [2.45, 2.75) is 13.3 Å². The number of anilines is 1. The lowest BCUT2D eigenvalue weighted by Crippen LogP contribution is -2.33. The molecule has 0 atom stereocenters. The van der Waals surface area contributed by atoms with Crippen molar-refractivity contribution < 1.29 is 27.6 Å². The number of halogens is 3. The van der Waals surface area contributed by atoms with Crippen molar-refractivity contribution in [3.63, 3.8) is 0 Å². The number of benzene rings is 2. The summed E-state index contributed by atoms with van der Waals surface area (Å²) in [6, 6.07) is 6.40. The number of amides is 3. The fourth-order valence-electron chi connectivity index (χ4n) is 2.66. The van der Waals surface area contributed by atoms with Crippen LogP contribution in [0.1, 0.15) is 32.7 Å². The maximum absolute atomic E-state index is 13.6. The molecule has 0 bridgehead atoms. The van der Waals surface area contributed by atoms with Crippen LogP contribution in [0.5, 0.6) is 0 Å². The van der Waals surface area contributed by atoms with E-state index in [1.807, 2.05) is 0 Å². The summed E-state index contributed by atoms with van der Waals surface area (Å²) >= 11 is 0. The lowest BCUT2D eigenvalue weighted by Gasteiger charge is -2.13. The summed E-state index contributed by atoms with van der Waals surface area (Å²) < 4.78 is 39.6. The molecule has 0 saturated heterocycles. The highest BCUT2D eigenvalue weighted by atomic mass is 19.2. The fourth-order valence-corrected chi connectivity index (χ4v) is 2.66. The molecule has 1 heterocycles. The van der Waals surface area contributed by atoms with Crippen LogP contribution >= 0.6 is 0 Å². The standard InChI is InChI=1S/C18H13F3N2O3/c1-9-2-3-10-11(8-9)18(26)23(17(10)25)7-6-14(24)22-13-5-4-12(19)15(20)16(13)21/h2-5,8H,6-7H2,1H3,(H,22,24). The van der Waals surface area contributed by atoms with Crippen LogP contribution in [0.3, 0.4) is 0 Å². The first-order valence-electron chi connectivity index (χ1n) is 7.70. The van der Waals surface area contributed by atoms with Crippen LogP contribution in [0.2, 0.25) is 0 Å². The Hall–Kier alpha value is -3.16. The number of carbonyl (C=O) groups excluding carboxylic acids is 3. The van der Waals surface area contributed by atoms with Crippen molar-refractivity contribution in [1.29, 1.82) is 0 Å². The van der Waals surface area contributed by atoms with E-state index in [0.717, 1.165) is 16.5 Å². The van der Waals surface area contributed by atoms with Gasteiger partial charge in [0.05, 0.1) is 16.8 Å². The molecule has 26 heavy (non-hydrogen) atoms. The minimum atomic E-state index is -1.70. The molecule has 1 aliphatic rings. The number of fused-ring (bicyclic) bond motifs is 1. The molecule has 2 aromatic carbocycles. The van der Waals surface area contributed by atoms with Crippen LogP contribution in [0.25, 0.3) is 0 Å². The SMILES string of the molecule is Cc1ccc2c(c1)C(=O)N(CCC(=O)Nc1ccc(F)c(F)c1F)C2=O. The normalized spacial score (nSPS) is 13.2. The Morgan fingerprint density at radius 3 is 2.42 bits per heavy atom. The van der Waals surface area contributed by atoms with E-state index in [2.05, 4.69) is 5.32 Å². The van der Waals surface area contributed by atoms with Crippen molar-refractivity contribution in [2.24, 2.45) is 0 Å². The molecule has 0 spiro atoms. The van der Waals surface area contributed by atoms with Gasteiger partial charge in [0.25, 0.3) is 11.8 Å². The molecular weight excluding hydrogens is 349 g/mol. The third-order valence-electron chi connectivity index (χ3n) is 4.00.